The van der Waals surface area contributed by atoms with E-state index in [0.717, 1.165) is 71.9 Å². The Labute approximate surface area is 270 Å². The Morgan fingerprint density at radius 3 is 2.52 bits per heavy atom. The van der Waals surface area contributed by atoms with Crippen molar-refractivity contribution in [2.24, 2.45) is 0 Å². The number of hydrogen-bond donors (Lipinski definition) is 1. The summed E-state index contributed by atoms with van der Waals surface area (Å²) in [7, 11) is 1.61. The molecule has 3 aromatic heterocycles. The van der Waals surface area contributed by atoms with E-state index in [1.165, 1.54) is 5.56 Å². The summed E-state index contributed by atoms with van der Waals surface area (Å²) in [6, 6.07) is 22.7. The maximum atomic E-state index is 14.5. The molecule has 1 N–H and O–H groups in total. The SMILES string of the molecule is COc1ccc(-c2ccc3c(c2)CN(C(=O)c2noc(C)c2Cn2nc(C)cc2C)CCN(Cc2ccccc2)CCCN3)cn1. The van der Waals surface area contributed by atoms with Crippen molar-refractivity contribution in [3.05, 3.63) is 112 Å². The van der Waals surface area contributed by atoms with Gasteiger partial charge in [-0.2, -0.15) is 5.10 Å². The van der Waals surface area contributed by atoms with Gasteiger partial charge >= 0.3 is 0 Å². The van der Waals surface area contributed by atoms with Crippen LogP contribution < -0.4 is 10.1 Å². The van der Waals surface area contributed by atoms with E-state index in [9.17, 15) is 4.79 Å². The van der Waals surface area contributed by atoms with E-state index in [0.29, 0.717) is 37.0 Å². The molecule has 0 aliphatic carbocycles. The standard InChI is InChI=1S/C36H41N7O3/c1-25-19-26(2)43(39-25)24-32-27(3)46-40-35(32)36(44)42-18-17-41(22-28-9-6-5-7-10-28)16-8-15-37-33-13-11-29(20-31(33)23-42)30-12-14-34(45-4)38-21-30/h5-7,9-14,19-21,37H,8,15-18,22-24H2,1-4H3. The summed E-state index contributed by atoms with van der Waals surface area (Å²) < 4.78 is 12.8. The summed E-state index contributed by atoms with van der Waals surface area (Å²) in [5.74, 6) is 1.03. The molecule has 0 saturated carbocycles. The lowest BCUT2D eigenvalue weighted by Gasteiger charge is -2.28. The van der Waals surface area contributed by atoms with E-state index in [2.05, 4.69) is 67.9 Å². The molecule has 1 amide bonds. The fourth-order valence-electron chi connectivity index (χ4n) is 5.99. The van der Waals surface area contributed by atoms with Crippen LogP contribution in [0.2, 0.25) is 0 Å². The molecule has 0 fully saturated rings. The highest BCUT2D eigenvalue weighted by Crippen LogP contribution is 2.28. The molecule has 5 aromatic rings. The predicted molar refractivity (Wildman–Crippen MR) is 178 cm³/mol. The summed E-state index contributed by atoms with van der Waals surface area (Å²) in [5.41, 5.74) is 8.32. The van der Waals surface area contributed by atoms with Crippen molar-refractivity contribution in [1.29, 1.82) is 0 Å². The van der Waals surface area contributed by atoms with Crippen molar-refractivity contribution >= 4 is 11.6 Å². The molecule has 10 heteroatoms. The van der Waals surface area contributed by atoms with Gasteiger partial charge in [-0.05, 0) is 68.1 Å². The highest BCUT2D eigenvalue weighted by molar-refractivity contribution is 5.94. The number of aryl methyl sites for hydroxylation is 3. The molecule has 2 aromatic carbocycles. The molecule has 0 atom stereocenters. The van der Waals surface area contributed by atoms with E-state index in [1.807, 2.05) is 60.8 Å². The van der Waals surface area contributed by atoms with Crippen LogP contribution in [0.5, 0.6) is 5.88 Å². The molecule has 0 radical (unpaired) electrons. The summed E-state index contributed by atoms with van der Waals surface area (Å²) in [6.07, 6.45) is 2.78. The zero-order valence-electron chi connectivity index (χ0n) is 27.0. The first-order valence-corrected chi connectivity index (χ1v) is 15.8. The van der Waals surface area contributed by atoms with E-state index in [1.54, 1.807) is 7.11 Å². The van der Waals surface area contributed by atoms with Crippen LogP contribution in [-0.4, -0.2) is 68.9 Å². The molecule has 1 aliphatic heterocycles. The van der Waals surface area contributed by atoms with Crippen LogP contribution in [0.25, 0.3) is 11.1 Å². The highest BCUT2D eigenvalue weighted by Gasteiger charge is 2.27. The molecule has 0 unspecified atom stereocenters. The van der Waals surface area contributed by atoms with Crippen LogP contribution in [0.4, 0.5) is 5.69 Å². The number of ether oxygens (including phenoxy) is 1. The Bertz CT molecular complexity index is 1780. The van der Waals surface area contributed by atoms with Gasteiger partial charge in [0.1, 0.15) is 5.76 Å². The third-order valence-electron chi connectivity index (χ3n) is 8.53. The fraction of sp³-hybridized carbons (Fsp3) is 0.333. The maximum Gasteiger partial charge on any atom is 0.276 e. The molecule has 0 bridgehead atoms. The Balaban J connectivity index is 1.34. The van der Waals surface area contributed by atoms with Crippen molar-refractivity contribution in [1.82, 2.24) is 29.7 Å². The van der Waals surface area contributed by atoms with Crippen molar-refractivity contribution < 1.29 is 14.1 Å². The van der Waals surface area contributed by atoms with Gasteiger partial charge in [0, 0.05) is 74.0 Å². The van der Waals surface area contributed by atoms with Gasteiger partial charge in [0.05, 0.1) is 19.3 Å². The third kappa shape index (κ3) is 7.13. The number of carbonyl (C=O) groups is 1. The average molecular weight is 620 g/mol. The highest BCUT2D eigenvalue weighted by atomic mass is 16.5. The van der Waals surface area contributed by atoms with Gasteiger partial charge in [-0.3, -0.25) is 14.4 Å². The van der Waals surface area contributed by atoms with E-state index in [4.69, 9.17) is 9.26 Å². The Morgan fingerprint density at radius 2 is 1.78 bits per heavy atom. The van der Waals surface area contributed by atoms with Crippen LogP contribution >= 0.6 is 0 Å². The second-order valence-corrected chi connectivity index (χ2v) is 11.9. The van der Waals surface area contributed by atoms with Gasteiger partial charge in [-0.25, -0.2) is 4.98 Å². The van der Waals surface area contributed by atoms with Crippen molar-refractivity contribution in [2.45, 2.75) is 46.8 Å². The van der Waals surface area contributed by atoms with E-state index < -0.39 is 0 Å². The summed E-state index contributed by atoms with van der Waals surface area (Å²) in [4.78, 5) is 23.2. The lowest BCUT2D eigenvalue weighted by atomic mass is 10.0. The van der Waals surface area contributed by atoms with Crippen molar-refractivity contribution in [2.75, 3.05) is 38.6 Å². The molecule has 0 saturated heterocycles. The van der Waals surface area contributed by atoms with Gasteiger partial charge in [0.2, 0.25) is 5.88 Å². The van der Waals surface area contributed by atoms with E-state index >= 15 is 0 Å². The van der Waals surface area contributed by atoms with Gasteiger partial charge in [0.15, 0.2) is 5.69 Å². The van der Waals surface area contributed by atoms with Gasteiger partial charge in [-0.15, -0.1) is 0 Å². The van der Waals surface area contributed by atoms with Crippen molar-refractivity contribution in [3.63, 3.8) is 0 Å². The number of amides is 1. The van der Waals surface area contributed by atoms with Crippen LogP contribution in [0, 0.1) is 20.8 Å². The summed E-state index contributed by atoms with van der Waals surface area (Å²) in [6.45, 7) is 10.5. The molecular formula is C36H41N7O3. The quantitative estimate of drug-likeness (QED) is 0.241. The zero-order chi connectivity index (χ0) is 32.0. The summed E-state index contributed by atoms with van der Waals surface area (Å²) >= 11 is 0. The second-order valence-electron chi connectivity index (χ2n) is 11.9. The number of hydrogen-bond acceptors (Lipinski definition) is 8. The van der Waals surface area contributed by atoms with E-state index in [-0.39, 0.29) is 5.91 Å². The molecule has 0 spiro atoms. The fourth-order valence-corrected chi connectivity index (χ4v) is 5.99. The average Bonchev–Trinajstić information content (AvgIpc) is 3.59. The van der Waals surface area contributed by atoms with Crippen LogP contribution in [-0.2, 0) is 19.6 Å². The largest absolute Gasteiger partial charge is 0.481 e. The number of rotatable bonds is 7. The molecule has 6 rings (SSSR count). The van der Waals surface area contributed by atoms with Gasteiger partial charge in [-0.1, -0.05) is 41.6 Å². The minimum atomic E-state index is -0.158. The van der Waals surface area contributed by atoms with Crippen LogP contribution in [0.3, 0.4) is 0 Å². The lowest BCUT2D eigenvalue weighted by Crippen LogP contribution is -2.39. The topological polar surface area (TPSA) is 102 Å². The minimum Gasteiger partial charge on any atom is -0.481 e. The first kappa shape index (κ1) is 31.0. The Kier molecular flexibility index (Phi) is 9.44. The smallest absolute Gasteiger partial charge is 0.276 e. The van der Waals surface area contributed by atoms with Gasteiger partial charge < -0.3 is 19.5 Å². The number of pyridine rings is 1. The Morgan fingerprint density at radius 1 is 0.957 bits per heavy atom. The number of nitrogens with zero attached hydrogens (tertiary/aromatic N) is 6. The lowest BCUT2D eigenvalue weighted by molar-refractivity contribution is 0.0708. The first-order chi connectivity index (χ1) is 22.4. The number of fused-ring (bicyclic) bond motifs is 1. The number of nitrogens with one attached hydrogen (secondary N) is 1. The number of anilines is 1. The molecule has 238 valence electrons. The molecule has 10 nitrogen and oxygen atoms in total. The molecule has 1 aliphatic rings. The van der Waals surface area contributed by atoms with Gasteiger partial charge in [0.25, 0.3) is 5.91 Å². The summed E-state index contributed by atoms with van der Waals surface area (Å²) in [5, 5.41) is 12.6. The van der Waals surface area contributed by atoms with Crippen LogP contribution in [0.15, 0.2) is 77.4 Å². The number of carbonyl (C=O) groups excluding carboxylic acids is 1. The monoisotopic (exact) mass is 619 g/mol. The first-order valence-electron chi connectivity index (χ1n) is 15.8. The number of benzene rings is 2. The maximum absolute atomic E-state index is 14.5. The van der Waals surface area contributed by atoms with Crippen LogP contribution in [0.1, 0.15) is 50.7 Å². The number of methoxy groups -OCH3 is 1. The Hall–Kier alpha value is -4.96. The molecule has 46 heavy (non-hydrogen) atoms. The minimum absolute atomic E-state index is 0.158. The predicted octanol–water partition coefficient (Wildman–Crippen LogP) is 5.88. The zero-order valence-corrected chi connectivity index (χ0v) is 27.0. The number of aromatic nitrogens is 4. The third-order valence-corrected chi connectivity index (χ3v) is 8.53. The molecule has 4 heterocycles. The van der Waals surface area contributed by atoms with Crippen molar-refractivity contribution in [3.8, 4) is 17.0 Å². The normalized spacial score (nSPS) is 14.3. The second kappa shape index (κ2) is 14.0. The molecular weight excluding hydrogens is 578 g/mol.